The molecule has 80 valence electrons. The van der Waals surface area contributed by atoms with Crippen molar-refractivity contribution in [3.8, 4) is 6.07 Å². The fourth-order valence-electron chi connectivity index (χ4n) is 2.25. The van der Waals surface area contributed by atoms with E-state index in [2.05, 4.69) is 17.9 Å². The lowest BCUT2D eigenvalue weighted by Gasteiger charge is -2.31. The van der Waals surface area contributed by atoms with Gasteiger partial charge >= 0.3 is 0 Å². The van der Waals surface area contributed by atoms with Crippen LogP contribution in [0.5, 0.6) is 0 Å². The molecule has 3 heteroatoms. The zero-order chi connectivity index (χ0) is 10.4. The Balaban J connectivity index is 2.56. The zero-order valence-electron chi connectivity index (χ0n) is 8.95. The van der Waals surface area contributed by atoms with Crippen LogP contribution in [0.2, 0.25) is 0 Å². The molecule has 0 aromatic rings. The molecule has 0 saturated heterocycles. The minimum atomic E-state index is -0.231. The van der Waals surface area contributed by atoms with Gasteiger partial charge in [-0.05, 0) is 19.4 Å². The fourth-order valence-corrected chi connectivity index (χ4v) is 2.25. The Hall–Kier alpha value is -0.590. The van der Waals surface area contributed by atoms with Gasteiger partial charge in [0.05, 0.1) is 18.7 Å². The van der Waals surface area contributed by atoms with E-state index >= 15 is 0 Å². The molecule has 1 fully saturated rings. The van der Waals surface area contributed by atoms with Gasteiger partial charge < -0.3 is 5.11 Å². The third-order valence-corrected chi connectivity index (χ3v) is 3.09. The number of aliphatic hydroxyl groups excluding tert-OH is 1. The molecular formula is C11H20N2O. The SMILES string of the molecule is CCN(CC#N)C1CCCCCC1O. The highest BCUT2D eigenvalue weighted by Gasteiger charge is 2.26. The summed E-state index contributed by atoms with van der Waals surface area (Å²) in [6, 6.07) is 2.38. The lowest BCUT2D eigenvalue weighted by molar-refractivity contribution is 0.0538. The second-order valence-electron chi connectivity index (χ2n) is 3.99. The Morgan fingerprint density at radius 3 is 2.71 bits per heavy atom. The molecule has 1 N–H and O–H groups in total. The summed E-state index contributed by atoms with van der Waals surface area (Å²) in [5.74, 6) is 0. The molecule has 3 nitrogen and oxygen atoms in total. The number of hydrogen-bond donors (Lipinski definition) is 1. The van der Waals surface area contributed by atoms with Crippen LogP contribution in [-0.4, -0.2) is 35.2 Å². The van der Waals surface area contributed by atoms with Gasteiger partial charge in [-0.2, -0.15) is 5.26 Å². The number of nitriles is 1. The first-order chi connectivity index (χ1) is 6.79. The Kier molecular flexibility index (Phi) is 4.92. The van der Waals surface area contributed by atoms with Crippen LogP contribution in [0.1, 0.15) is 39.0 Å². The first-order valence-electron chi connectivity index (χ1n) is 5.58. The smallest absolute Gasteiger partial charge is 0.0869 e. The average Bonchev–Trinajstić information content (AvgIpc) is 2.40. The highest BCUT2D eigenvalue weighted by Crippen LogP contribution is 2.22. The number of aliphatic hydroxyl groups is 1. The molecule has 14 heavy (non-hydrogen) atoms. The number of hydrogen-bond acceptors (Lipinski definition) is 3. The summed E-state index contributed by atoms with van der Waals surface area (Å²) in [4.78, 5) is 2.09. The second kappa shape index (κ2) is 6.00. The van der Waals surface area contributed by atoms with E-state index in [0.717, 1.165) is 25.8 Å². The molecule has 0 aromatic carbocycles. The molecular weight excluding hydrogens is 176 g/mol. The van der Waals surface area contributed by atoms with Gasteiger partial charge in [0.25, 0.3) is 0 Å². The lowest BCUT2D eigenvalue weighted by atomic mass is 10.0. The Morgan fingerprint density at radius 2 is 2.07 bits per heavy atom. The molecule has 1 aliphatic carbocycles. The highest BCUT2D eigenvalue weighted by atomic mass is 16.3. The van der Waals surface area contributed by atoms with E-state index in [9.17, 15) is 5.11 Å². The fraction of sp³-hybridized carbons (Fsp3) is 0.909. The number of rotatable bonds is 3. The molecule has 0 amide bonds. The third kappa shape index (κ3) is 2.97. The summed E-state index contributed by atoms with van der Waals surface area (Å²) in [6.07, 6.45) is 5.23. The minimum absolute atomic E-state index is 0.210. The van der Waals surface area contributed by atoms with Gasteiger partial charge in [0.15, 0.2) is 0 Å². The maximum absolute atomic E-state index is 9.93. The van der Waals surface area contributed by atoms with Gasteiger partial charge in [-0.3, -0.25) is 4.90 Å². The molecule has 2 atom stereocenters. The van der Waals surface area contributed by atoms with Crippen LogP contribution in [0.25, 0.3) is 0 Å². The van der Waals surface area contributed by atoms with Crippen LogP contribution >= 0.6 is 0 Å². The van der Waals surface area contributed by atoms with Crippen molar-refractivity contribution in [3.05, 3.63) is 0 Å². The summed E-state index contributed by atoms with van der Waals surface area (Å²) >= 11 is 0. The van der Waals surface area contributed by atoms with Crippen LogP contribution in [0.4, 0.5) is 0 Å². The first-order valence-corrected chi connectivity index (χ1v) is 5.58. The molecule has 1 saturated carbocycles. The lowest BCUT2D eigenvalue weighted by Crippen LogP contribution is -2.43. The average molecular weight is 196 g/mol. The predicted octanol–water partition coefficient (Wildman–Crippen LogP) is 1.53. The van der Waals surface area contributed by atoms with Crippen LogP contribution in [-0.2, 0) is 0 Å². The quantitative estimate of drug-likeness (QED) is 0.550. The van der Waals surface area contributed by atoms with Crippen molar-refractivity contribution >= 4 is 0 Å². The van der Waals surface area contributed by atoms with E-state index in [1.54, 1.807) is 0 Å². The van der Waals surface area contributed by atoms with E-state index in [1.165, 1.54) is 12.8 Å². The van der Waals surface area contributed by atoms with Crippen molar-refractivity contribution in [1.29, 1.82) is 5.26 Å². The van der Waals surface area contributed by atoms with Crippen molar-refractivity contribution < 1.29 is 5.11 Å². The second-order valence-corrected chi connectivity index (χ2v) is 3.99. The summed E-state index contributed by atoms with van der Waals surface area (Å²) in [7, 11) is 0. The number of likely N-dealkylation sites (N-methyl/N-ethyl adjacent to an activating group) is 1. The summed E-state index contributed by atoms with van der Waals surface area (Å²) < 4.78 is 0. The molecule has 0 aromatic heterocycles. The summed E-state index contributed by atoms with van der Waals surface area (Å²) in [6.45, 7) is 3.35. The van der Waals surface area contributed by atoms with Crippen molar-refractivity contribution in [2.75, 3.05) is 13.1 Å². The third-order valence-electron chi connectivity index (χ3n) is 3.09. The van der Waals surface area contributed by atoms with Crippen LogP contribution in [0.15, 0.2) is 0 Å². The topological polar surface area (TPSA) is 47.3 Å². The Labute approximate surface area is 86.3 Å². The summed E-state index contributed by atoms with van der Waals surface area (Å²) in [5, 5.41) is 18.6. The van der Waals surface area contributed by atoms with Gasteiger partial charge in [0.1, 0.15) is 0 Å². The van der Waals surface area contributed by atoms with Crippen molar-refractivity contribution in [1.82, 2.24) is 4.90 Å². The molecule has 0 radical (unpaired) electrons. The molecule has 0 spiro atoms. The maximum Gasteiger partial charge on any atom is 0.0869 e. The molecule has 0 heterocycles. The number of nitrogens with zero attached hydrogens (tertiary/aromatic N) is 2. The van der Waals surface area contributed by atoms with Gasteiger partial charge in [0, 0.05) is 6.04 Å². The highest BCUT2D eigenvalue weighted by molar-refractivity contribution is 4.86. The minimum Gasteiger partial charge on any atom is -0.391 e. The van der Waals surface area contributed by atoms with E-state index < -0.39 is 0 Å². The van der Waals surface area contributed by atoms with E-state index in [-0.39, 0.29) is 12.1 Å². The Bertz CT molecular complexity index is 200. The first kappa shape index (κ1) is 11.5. The van der Waals surface area contributed by atoms with E-state index in [4.69, 9.17) is 5.26 Å². The maximum atomic E-state index is 9.93. The standard InChI is InChI=1S/C11H20N2O/c1-2-13(9-8-12)10-6-4-3-5-7-11(10)14/h10-11,14H,2-7,9H2,1H3. The van der Waals surface area contributed by atoms with Crippen LogP contribution in [0.3, 0.4) is 0 Å². The van der Waals surface area contributed by atoms with Gasteiger partial charge in [0.2, 0.25) is 0 Å². The van der Waals surface area contributed by atoms with E-state index in [1.807, 2.05) is 0 Å². The van der Waals surface area contributed by atoms with Gasteiger partial charge in [-0.15, -0.1) is 0 Å². The molecule has 1 aliphatic rings. The zero-order valence-corrected chi connectivity index (χ0v) is 8.95. The molecule has 1 rings (SSSR count). The van der Waals surface area contributed by atoms with E-state index in [0.29, 0.717) is 6.54 Å². The molecule has 2 unspecified atom stereocenters. The monoisotopic (exact) mass is 196 g/mol. The van der Waals surface area contributed by atoms with Crippen molar-refractivity contribution in [3.63, 3.8) is 0 Å². The predicted molar refractivity (Wildman–Crippen MR) is 55.7 cm³/mol. The Morgan fingerprint density at radius 1 is 1.36 bits per heavy atom. The van der Waals surface area contributed by atoms with Crippen LogP contribution < -0.4 is 0 Å². The normalized spacial score (nSPS) is 28.4. The molecule has 0 bridgehead atoms. The molecule has 0 aliphatic heterocycles. The van der Waals surface area contributed by atoms with Gasteiger partial charge in [-0.25, -0.2) is 0 Å². The van der Waals surface area contributed by atoms with Crippen molar-refractivity contribution in [2.45, 2.75) is 51.2 Å². The van der Waals surface area contributed by atoms with Crippen LogP contribution in [0, 0.1) is 11.3 Å². The van der Waals surface area contributed by atoms with Gasteiger partial charge in [-0.1, -0.05) is 26.2 Å². The van der Waals surface area contributed by atoms with Crippen molar-refractivity contribution in [2.24, 2.45) is 0 Å². The summed E-state index contributed by atoms with van der Waals surface area (Å²) in [5.41, 5.74) is 0. The largest absolute Gasteiger partial charge is 0.391 e.